The second-order valence-electron chi connectivity index (χ2n) is 2.86. The van der Waals surface area contributed by atoms with Crippen molar-refractivity contribution < 1.29 is 14.5 Å². The predicted molar refractivity (Wildman–Crippen MR) is 49.0 cm³/mol. The number of nitrogens with two attached hydrogens (primary N) is 1. The molecule has 0 fully saturated rings. The smallest absolute Gasteiger partial charge is 0.405 e. The molecule has 0 radical (unpaired) electrons. The lowest BCUT2D eigenvalue weighted by Gasteiger charge is -1.98. The molecule has 0 aliphatic rings. The molecule has 0 aliphatic heterocycles. The molecule has 0 bridgehead atoms. The number of rotatable bonds is 3. The van der Waals surface area contributed by atoms with E-state index in [9.17, 15) is 14.9 Å². The Morgan fingerprint density at radius 1 is 1.73 bits per heavy atom. The summed E-state index contributed by atoms with van der Waals surface area (Å²) < 4.78 is 5.74. The van der Waals surface area contributed by atoms with Gasteiger partial charge in [0.05, 0.1) is 7.05 Å². The van der Waals surface area contributed by atoms with E-state index in [4.69, 9.17) is 5.73 Å². The first-order chi connectivity index (χ1) is 6.93. The van der Waals surface area contributed by atoms with E-state index < -0.39 is 11.0 Å². The summed E-state index contributed by atoms with van der Waals surface area (Å²) in [5.41, 5.74) is 5.03. The lowest BCUT2D eigenvalue weighted by molar-refractivity contribution is -0.392. The number of imidazole rings is 1. The summed E-state index contributed by atoms with van der Waals surface area (Å²) >= 11 is 0. The third kappa shape index (κ3) is 2.22. The van der Waals surface area contributed by atoms with E-state index in [1.165, 1.54) is 18.5 Å². The average Bonchev–Trinajstić information content (AvgIpc) is 2.37. The van der Waals surface area contributed by atoms with Gasteiger partial charge >= 0.3 is 11.9 Å². The number of carbonyl (C=O) groups excluding carboxylic acids is 1. The molecule has 0 unspecified atom stereocenters. The molecule has 82 valence electrons. The van der Waals surface area contributed by atoms with E-state index in [2.05, 4.69) is 9.72 Å². The Balaban J connectivity index is 2.96. The Labute approximate surface area is 84.8 Å². The zero-order chi connectivity index (χ0) is 11.6. The fourth-order valence-corrected chi connectivity index (χ4v) is 1.20. The van der Waals surface area contributed by atoms with E-state index in [1.807, 2.05) is 0 Å². The third-order valence-electron chi connectivity index (χ3n) is 1.84. The average molecular weight is 214 g/mol. The van der Waals surface area contributed by atoms with Gasteiger partial charge < -0.3 is 20.6 Å². The van der Waals surface area contributed by atoms with Gasteiger partial charge in [-0.3, -0.25) is 0 Å². The quantitative estimate of drug-likeness (QED) is 0.571. The van der Waals surface area contributed by atoms with Crippen LogP contribution in [0.3, 0.4) is 0 Å². The van der Waals surface area contributed by atoms with Crippen LogP contribution >= 0.6 is 0 Å². The van der Waals surface area contributed by atoms with E-state index in [0.29, 0.717) is 0 Å². The third-order valence-corrected chi connectivity index (χ3v) is 1.84. The van der Waals surface area contributed by atoms with Gasteiger partial charge in [0, 0.05) is 0 Å². The molecule has 1 rings (SSSR count). The van der Waals surface area contributed by atoms with E-state index in [-0.39, 0.29) is 23.9 Å². The number of primary amides is 1. The standard InChI is InChI=1S/C7H10N4O4/c1-4-6(11(13)14)10(2)5(9-4)3-15-7(8)12/h3H2,1-2H3,(H2,8,12). The highest BCUT2D eigenvalue weighted by Gasteiger charge is 2.21. The number of amides is 1. The Kier molecular flexibility index (Phi) is 2.88. The van der Waals surface area contributed by atoms with Crippen molar-refractivity contribution in [3.8, 4) is 0 Å². The summed E-state index contributed by atoms with van der Waals surface area (Å²) in [5, 5.41) is 10.6. The van der Waals surface area contributed by atoms with Gasteiger partial charge in [0.15, 0.2) is 6.61 Å². The molecule has 1 aromatic rings. The minimum Gasteiger partial charge on any atom is -0.439 e. The van der Waals surface area contributed by atoms with Crippen LogP contribution in [0, 0.1) is 17.0 Å². The number of hydrogen-bond donors (Lipinski definition) is 1. The van der Waals surface area contributed by atoms with Gasteiger partial charge in [0.2, 0.25) is 5.82 Å². The zero-order valence-electron chi connectivity index (χ0n) is 8.26. The van der Waals surface area contributed by atoms with Crippen LogP contribution in [0.2, 0.25) is 0 Å². The molecular formula is C7H10N4O4. The number of ether oxygens (including phenoxy) is 1. The molecule has 0 atom stereocenters. The monoisotopic (exact) mass is 214 g/mol. The Morgan fingerprint density at radius 3 is 2.73 bits per heavy atom. The maximum atomic E-state index is 10.6. The second-order valence-corrected chi connectivity index (χ2v) is 2.86. The molecule has 0 spiro atoms. The lowest BCUT2D eigenvalue weighted by atomic mass is 10.5. The molecular weight excluding hydrogens is 204 g/mol. The molecule has 0 saturated heterocycles. The number of hydrogen-bond acceptors (Lipinski definition) is 5. The highest BCUT2D eigenvalue weighted by Crippen LogP contribution is 2.18. The van der Waals surface area contributed by atoms with E-state index in [1.54, 1.807) is 0 Å². The van der Waals surface area contributed by atoms with Crippen LogP contribution in [0.1, 0.15) is 11.5 Å². The van der Waals surface area contributed by atoms with Crippen molar-refractivity contribution >= 4 is 11.9 Å². The van der Waals surface area contributed by atoms with Crippen molar-refractivity contribution in [1.82, 2.24) is 9.55 Å². The highest BCUT2D eigenvalue weighted by molar-refractivity contribution is 5.64. The molecule has 8 nitrogen and oxygen atoms in total. The molecule has 15 heavy (non-hydrogen) atoms. The Hall–Kier alpha value is -2.12. The zero-order valence-corrected chi connectivity index (χ0v) is 8.26. The molecule has 0 saturated carbocycles. The van der Waals surface area contributed by atoms with Crippen molar-refractivity contribution in [2.75, 3.05) is 0 Å². The van der Waals surface area contributed by atoms with Gasteiger partial charge in [-0.05, 0) is 11.8 Å². The fourth-order valence-electron chi connectivity index (χ4n) is 1.20. The first-order valence-corrected chi connectivity index (χ1v) is 4.02. The van der Waals surface area contributed by atoms with Gasteiger partial charge in [-0.15, -0.1) is 0 Å². The summed E-state index contributed by atoms with van der Waals surface area (Å²) in [7, 11) is 1.47. The van der Waals surface area contributed by atoms with E-state index >= 15 is 0 Å². The maximum absolute atomic E-state index is 10.6. The molecule has 0 aliphatic carbocycles. The number of aromatic nitrogens is 2. The lowest BCUT2D eigenvalue weighted by Crippen LogP contribution is -2.14. The van der Waals surface area contributed by atoms with Crippen molar-refractivity contribution in [1.29, 1.82) is 0 Å². The summed E-state index contributed by atoms with van der Waals surface area (Å²) in [6, 6.07) is 0. The minimum absolute atomic E-state index is 0.127. The van der Waals surface area contributed by atoms with Crippen LogP contribution < -0.4 is 5.73 Å². The highest BCUT2D eigenvalue weighted by atomic mass is 16.6. The van der Waals surface area contributed by atoms with Gasteiger partial charge in [0.25, 0.3) is 0 Å². The predicted octanol–water partition coefficient (Wildman–Crippen LogP) is 0.232. The molecule has 1 amide bonds. The fraction of sp³-hybridized carbons (Fsp3) is 0.429. The van der Waals surface area contributed by atoms with Gasteiger partial charge in [-0.25, -0.2) is 14.3 Å². The molecule has 1 aromatic heterocycles. The molecule has 0 aromatic carbocycles. The van der Waals surface area contributed by atoms with E-state index in [0.717, 1.165) is 0 Å². The SMILES string of the molecule is Cc1nc(COC(N)=O)n(C)c1[N+](=O)[O-]. The Bertz CT molecular complexity index is 411. The normalized spacial score (nSPS) is 10.0. The second kappa shape index (κ2) is 3.95. The first kappa shape index (κ1) is 11.0. The van der Waals surface area contributed by atoms with Crippen molar-refractivity contribution in [2.45, 2.75) is 13.5 Å². The van der Waals surface area contributed by atoms with Crippen molar-refractivity contribution in [2.24, 2.45) is 12.8 Å². The van der Waals surface area contributed by atoms with Crippen molar-refractivity contribution in [3.05, 3.63) is 21.6 Å². The van der Waals surface area contributed by atoms with Crippen LogP contribution in [0.15, 0.2) is 0 Å². The number of nitrogens with zero attached hydrogens (tertiary/aromatic N) is 3. The molecule has 8 heteroatoms. The van der Waals surface area contributed by atoms with Gasteiger partial charge in [-0.1, -0.05) is 0 Å². The topological polar surface area (TPSA) is 113 Å². The molecule has 2 N–H and O–H groups in total. The van der Waals surface area contributed by atoms with Gasteiger partial charge in [0.1, 0.15) is 5.69 Å². The van der Waals surface area contributed by atoms with Crippen LogP contribution in [0.5, 0.6) is 0 Å². The van der Waals surface area contributed by atoms with Crippen LogP contribution in [0.25, 0.3) is 0 Å². The largest absolute Gasteiger partial charge is 0.439 e. The van der Waals surface area contributed by atoms with Crippen molar-refractivity contribution in [3.63, 3.8) is 0 Å². The van der Waals surface area contributed by atoms with Crippen LogP contribution in [-0.4, -0.2) is 20.6 Å². The van der Waals surface area contributed by atoms with Crippen LogP contribution in [0.4, 0.5) is 10.6 Å². The number of nitro groups is 1. The van der Waals surface area contributed by atoms with Gasteiger partial charge in [-0.2, -0.15) is 0 Å². The minimum atomic E-state index is -0.946. The summed E-state index contributed by atoms with van der Waals surface area (Å²) in [6.45, 7) is 1.33. The summed E-state index contributed by atoms with van der Waals surface area (Å²) in [6.07, 6.45) is -0.946. The summed E-state index contributed by atoms with van der Waals surface area (Å²) in [4.78, 5) is 24.3. The molecule has 1 heterocycles. The number of carbonyl (C=O) groups is 1. The maximum Gasteiger partial charge on any atom is 0.405 e. The van der Waals surface area contributed by atoms with Crippen LogP contribution in [-0.2, 0) is 18.4 Å². The summed E-state index contributed by atoms with van der Waals surface area (Å²) in [5.74, 6) is 0.149. The Morgan fingerprint density at radius 2 is 2.33 bits per heavy atom. The number of aryl methyl sites for hydroxylation is 1. The first-order valence-electron chi connectivity index (χ1n) is 4.02.